The van der Waals surface area contributed by atoms with E-state index in [4.69, 9.17) is 0 Å². The van der Waals surface area contributed by atoms with Crippen LogP contribution in [0.25, 0.3) is 0 Å². The first-order valence-corrected chi connectivity index (χ1v) is 8.38. The Morgan fingerprint density at radius 3 is 2.67 bits per heavy atom. The molecule has 3 atom stereocenters. The van der Waals surface area contributed by atoms with Crippen molar-refractivity contribution in [1.29, 1.82) is 0 Å². The molecule has 6 heteroatoms. The second kappa shape index (κ2) is 7.73. The molecule has 2 amide bonds. The van der Waals surface area contributed by atoms with E-state index in [1.807, 2.05) is 6.92 Å². The number of likely N-dealkylation sites (tertiary alicyclic amines) is 1. The van der Waals surface area contributed by atoms with E-state index < -0.39 is 23.6 Å². The standard InChI is InChI=1S/C18H24F2N2O2/c1-4-5-11(2)22-10-14(9-17(22)23)18(24)21-12(3)13-6-7-15(19)16(20)8-13/h6-8,11-12,14H,4-5,9-10H2,1-3H3,(H,21,24). The lowest BCUT2D eigenvalue weighted by molar-refractivity contribution is -0.130. The summed E-state index contributed by atoms with van der Waals surface area (Å²) >= 11 is 0. The van der Waals surface area contributed by atoms with Gasteiger partial charge in [0.2, 0.25) is 11.8 Å². The lowest BCUT2D eigenvalue weighted by Gasteiger charge is -2.24. The molecule has 0 bridgehead atoms. The second-order valence-electron chi connectivity index (χ2n) is 6.49. The van der Waals surface area contributed by atoms with Crippen molar-refractivity contribution in [3.05, 3.63) is 35.4 Å². The quantitative estimate of drug-likeness (QED) is 0.866. The summed E-state index contributed by atoms with van der Waals surface area (Å²) < 4.78 is 26.3. The van der Waals surface area contributed by atoms with Crippen LogP contribution in [-0.2, 0) is 9.59 Å². The molecule has 1 aliphatic heterocycles. The number of benzene rings is 1. The Balaban J connectivity index is 1.97. The molecule has 0 saturated carbocycles. The maximum atomic E-state index is 13.3. The van der Waals surface area contributed by atoms with Crippen LogP contribution in [-0.4, -0.2) is 29.3 Å². The van der Waals surface area contributed by atoms with Gasteiger partial charge in [-0.25, -0.2) is 8.78 Å². The minimum Gasteiger partial charge on any atom is -0.349 e. The molecule has 1 aromatic rings. The molecule has 1 heterocycles. The van der Waals surface area contributed by atoms with Crippen LogP contribution in [0.15, 0.2) is 18.2 Å². The van der Waals surface area contributed by atoms with Crippen molar-refractivity contribution in [1.82, 2.24) is 10.2 Å². The monoisotopic (exact) mass is 338 g/mol. The minimum absolute atomic E-state index is 0.00317. The van der Waals surface area contributed by atoms with Crippen LogP contribution in [0, 0.1) is 17.6 Å². The van der Waals surface area contributed by atoms with E-state index in [2.05, 4.69) is 12.2 Å². The molecule has 1 N–H and O–H groups in total. The molecule has 1 aliphatic rings. The third kappa shape index (κ3) is 4.10. The predicted molar refractivity (Wildman–Crippen MR) is 87.1 cm³/mol. The van der Waals surface area contributed by atoms with Crippen LogP contribution >= 0.6 is 0 Å². The number of nitrogens with zero attached hydrogens (tertiary/aromatic N) is 1. The smallest absolute Gasteiger partial charge is 0.225 e. The summed E-state index contributed by atoms with van der Waals surface area (Å²) in [6.07, 6.45) is 2.09. The Morgan fingerprint density at radius 2 is 2.04 bits per heavy atom. The van der Waals surface area contributed by atoms with Crippen molar-refractivity contribution < 1.29 is 18.4 Å². The van der Waals surface area contributed by atoms with Crippen LogP contribution in [0.4, 0.5) is 8.78 Å². The summed E-state index contributed by atoms with van der Waals surface area (Å²) in [5.74, 6) is -2.49. The largest absolute Gasteiger partial charge is 0.349 e. The normalized spacial score (nSPS) is 20.1. The highest BCUT2D eigenvalue weighted by molar-refractivity contribution is 5.89. The Labute approximate surface area is 141 Å². The Bertz CT molecular complexity index is 621. The van der Waals surface area contributed by atoms with Crippen LogP contribution in [0.2, 0.25) is 0 Å². The highest BCUT2D eigenvalue weighted by atomic mass is 19.2. The summed E-state index contributed by atoms with van der Waals surface area (Å²) in [4.78, 5) is 26.3. The summed E-state index contributed by atoms with van der Waals surface area (Å²) in [7, 11) is 0. The predicted octanol–water partition coefficient (Wildman–Crippen LogP) is 3.18. The molecule has 0 radical (unpaired) electrons. The molecule has 2 rings (SSSR count). The van der Waals surface area contributed by atoms with E-state index >= 15 is 0 Å². The van der Waals surface area contributed by atoms with E-state index in [0.29, 0.717) is 12.1 Å². The third-order valence-corrected chi connectivity index (χ3v) is 4.57. The van der Waals surface area contributed by atoms with Gasteiger partial charge in [0.1, 0.15) is 0 Å². The molecule has 3 unspecified atom stereocenters. The summed E-state index contributed by atoms with van der Waals surface area (Å²) in [5.41, 5.74) is 0.489. The fraction of sp³-hybridized carbons (Fsp3) is 0.556. The highest BCUT2D eigenvalue weighted by Gasteiger charge is 2.36. The van der Waals surface area contributed by atoms with Gasteiger partial charge in [-0.05, 0) is 38.0 Å². The zero-order valence-corrected chi connectivity index (χ0v) is 14.3. The van der Waals surface area contributed by atoms with Crippen molar-refractivity contribution >= 4 is 11.8 Å². The zero-order valence-electron chi connectivity index (χ0n) is 14.3. The Kier molecular flexibility index (Phi) is 5.91. The molecule has 0 spiro atoms. The molecular formula is C18H24F2N2O2. The summed E-state index contributed by atoms with van der Waals surface area (Å²) in [5, 5.41) is 2.79. The molecule has 1 aromatic carbocycles. The van der Waals surface area contributed by atoms with Gasteiger partial charge in [-0.15, -0.1) is 0 Å². The molecule has 0 aliphatic carbocycles. The lowest BCUT2D eigenvalue weighted by atomic mass is 10.0. The number of nitrogens with one attached hydrogen (secondary N) is 1. The lowest BCUT2D eigenvalue weighted by Crippen LogP contribution is -2.37. The number of hydrogen-bond acceptors (Lipinski definition) is 2. The second-order valence-corrected chi connectivity index (χ2v) is 6.49. The first-order valence-electron chi connectivity index (χ1n) is 8.38. The van der Waals surface area contributed by atoms with Gasteiger partial charge >= 0.3 is 0 Å². The van der Waals surface area contributed by atoms with Crippen LogP contribution in [0.3, 0.4) is 0 Å². The molecule has 4 nitrogen and oxygen atoms in total. The molecular weight excluding hydrogens is 314 g/mol. The first kappa shape index (κ1) is 18.4. The van der Waals surface area contributed by atoms with Gasteiger partial charge in [0.15, 0.2) is 11.6 Å². The number of carbonyl (C=O) groups excluding carboxylic acids is 2. The number of halogens is 2. The van der Waals surface area contributed by atoms with Gasteiger partial charge < -0.3 is 10.2 Å². The highest BCUT2D eigenvalue weighted by Crippen LogP contribution is 2.23. The molecule has 1 saturated heterocycles. The van der Waals surface area contributed by atoms with Crippen LogP contribution in [0.5, 0.6) is 0 Å². The Hall–Kier alpha value is -1.98. The average Bonchev–Trinajstić information content (AvgIpc) is 2.92. The third-order valence-electron chi connectivity index (χ3n) is 4.57. The fourth-order valence-electron chi connectivity index (χ4n) is 3.10. The molecule has 1 fully saturated rings. The van der Waals surface area contributed by atoms with E-state index in [1.54, 1.807) is 11.8 Å². The van der Waals surface area contributed by atoms with Gasteiger partial charge in [0.25, 0.3) is 0 Å². The van der Waals surface area contributed by atoms with Crippen molar-refractivity contribution in [3.63, 3.8) is 0 Å². The zero-order chi connectivity index (χ0) is 17.9. The average molecular weight is 338 g/mol. The topological polar surface area (TPSA) is 49.4 Å². The van der Waals surface area contributed by atoms with Gasteiger partial charge in [-0.3, -0.25) is 9.59 Å². The first-order chi connectivity index (χ1) is 11.3. The van der Waals surface area contributed by atoms with Gasteiger partial charge in [-0.1, -0.05) is 19.4 Å². The number of hydrogen-bond donors (Lipinski definition) is 1. The number of carbonyl (C=O) groups is 2. The summed E-state index contributed by atoms with van der Waals surface area (Å²) in [6.45, 7) is 6.17. The SMILES string of the molecule is CCCC(C)N1CC(C(=O)NC(C)c2ccc(F)c(F)c2)CC1=O. The van der Waals surface area contributed by atoms with Gasteiger partial charge in [-0.2, -0.15) is 0 Å². The molecule has 132 valence electrons. The van der Waals surface area contributed by atoms with Crippen molar-refractivity contribution in [2.45, 2.75) is 52.1 Å². The van der Waals surface area contributed by atoms with E-state index in [9.17, 15) is 18.4 Å². The maximum Gasteiger partial charge on any atom is 0.225 e. The number of rotatable bonds is 6. The Morgan fingerprint density at radius 1 is 1.33 bits per heavy atom. The van der Waals surface area contributed by atoms with E-state index in [0.717, 1.165) is 25.0 Å². The number of amides is 2. The van der Waals surface area contributed by atoms with Crippen LogP contribution < -0.4 is 5.32 Å². The van der Waals surface area contributed by atoms with Crippen molar-refractivity contribution in [2.24, 2.45) is 5.92 Å². The molecule has 24 heavy (non-hydrogen) atoms. The summed E-state index contributed by atoms with van der Waals surface area (Å²) in [6, 6.07) is 3.24. The van der Waals surface area contributed by atoms with Gasteiger partial charge in [0, 0.05) is 19.0 Å². The van der Waals surface area contributed by atoms with Crippen molar-refractivity contribution in [2.75, 3.05) is 6.54 Å². The molecule has 0 aromatic heterocycles. The van der Waals surface area contributed by atoms with E-state index in [-0.39, 0.29) is 24.3 Å². The fourth-order valence-corrected chi connectivity index (χ4v) is 3.10. The minimum atomic E-state index is -0.941. The van der Waals surface area contributed by atoms with Crippen LogP contribution in [0.1, 0.15) is 51.6 Å². The van der Waals surface area contributed by atoms with E-state index in [1.165, 1.54) is 6.07 Å². The van der Waals surface area contributed by atoms with Gasteiger partial charge in [0.05, 0.1) is 12.0 Å². The maximum absolute atomic E-state index is 13.3. The van der Waals surface area contributed by atoms with Crippen molar-refractivity contribution in [3.8, 4) is 0 Å².